The van der Waals surface area contributed by atoms with Crippen LogP contribution in [0.1, 0.15) is 39.5 Å². The second-order valence-corrected chi connectivity index (χ2v) is 11.8. The number of carbonyl (C=O) groups is 1. The Bertz CT molecular complexity index is 1580. The molecule has 0 saturated heterocycles. The van der Waals surface area contributed by atoms with Crippen molar-refractivity contribution < 1.29 is 22.1 Å². The highest BCUT2D eigenvalue weighted by Gasteiger charge is 2.28. The molecule has 1 aromatic heterocycles. The summed E-state index contributed by atoms with van der Waals surface area (Å²) in [5, 5.41) is 1.89. The van der Waals surface area contributed by atoms with Crippen molar-refractivity contribution in [2.24, 2.45) is 0 Å². The summed E-state index contributed by atoms with van der Waals surface area (Å²) in [6.07, 6.45) is -0.0909. The molecule has 2 atom stereocenters. The number of hydrogen-bond donors (Lipinski definition) is 0. The van der Waals surface area contributed by atoms with Crippen LogP contribution in [0.3, 0.4) is 0 Å². The molecule has 0 N–H and O–H groups in total. The summed E-state index contributed by atoms with van der Waals surface area (Å²) < 4.78 is 35.8. The van der Waals surface area contributed by atoms with E-state index >= 15 is 0 Å². The van der Waals surface area contributed by atoms with Crippen molar-refractivity contribution in [1.29, 1.82) is 0 Å². The lowest BCUT2D eigenvalue weighted by atomic mass is 9.85. The lowest BCUT2D eigenvalue weighted by molar-refractivity contribution is -0.0921. The summed E-state index contributed by atoms with van der Waals surface area (Å²) >= 11 is 12.4. The topological polar surface area (TPSA) is 85.8 Å². The Morgan fingerprint density at radius 1 is 0.949 bits per heavy atom. The molecule has 3 aromatic carbocycles. The van der Waals surface area contributed by atoms with Gasteiger partial charge in [-0.3, -0.25) is 9.78 Å². The lowest BCUT2D eigenvalue weighted by Gasteiger charge is -2.26. The first-order valence-corrected chi connectivity index (χ1v) is 14.7. The molecule has 0 bridgehead atoms. The van der Waals surface area contributed by atoms with Crippen LogP contribution in [0, 0.1) is 0 Å². The Balaban J connectivity index is 1.69. The monoisotopic (exact) mass is 586 g/mol. The van der Waals surface area contributed by atoms with Gasteiger partial charge in [0.25, 0.3) is 16.0 Å². The van der Waals surface area contributed by atoms with Crippen LogP contribution in [0.2, 0.25) is 10.0 Å². The zero-order valence-corrected chi connectivity index (χ0v) is 24.0. The summed E-state index contributed by atoms with van der Waals surface area (Å²) in [6.45, 7) is -0.00570. The molecule has 0 radical (unpaired) electrons. The average Bonchev–Trinajstić information content (AvgIpc) is 2.89. The minimum atomic E-state index is -3.88. The number of halogens is 2. The number of hydrogen-bond acceptors (Lipinski definition) is 6. The number of benzene rings is 3. The summed E-state index contributed by atoms with van der Waals surface area (Å²) in [6, 6.07) is 23.7. The maximum Gasteiger partial charge on any atom is 0.266 e. The van der Waals surface area contributed by atoms with E-state index in [0.717, 1.165) is 17.2 Å². The Kier molecular flexibility index (Phi) is 9.25. The van der Waals surface area contributed by atoms with Gasteiger partial charge in [-0.25, -0.2) is 4.18 Å². The molecule has 0 spiro atoms. The number of ether oxygens (including phenoxy) is 1. The predicted molar refractivity (Wildman–Crippen MR) is 154 cm³/mol. The third-order valence-corrected chi connectivity index (χ3v) is 7.10. The van der Waals surface area contributed by atoms with Crippen molar-refractivity contribution in [2.45, 2.75) is 25.2 Å². The number of nitrogens with zero attached hydrogens (tertiary/aromatic N) is 2. The largest absolute Gasteiger partial charge is 0.345 e. The summed E-state index contributed by atoms with van der Waals surface area (Å²) in [5.74, 6) is -0.675. The highest BCUT2D eigenvalue weighted by Crippen LogP contribution is 2.35. The van der Waals surface area contributed by atoms with Crippen LogP contribution in [0.5, 0.6) is 0 Å². The number of amides is 1. The van der Waals surface area contributed by atoms with Gasteiger partial charge in [0.15, 0.2) is 6.29 Å². The first-order valence-electron chi connectivity index (χ1n) is 12.1. The fourth-order valence-corrected chi connectivity index (χ4v) is 5.16. The van der Waals surface area contributed by atoms with Crippen molar-refractivity contribution in [1.82, 2.24) is 9.88 Å². The van der Waals surface area contributed by atoms with Crippen LogP contribution in [0.15, 0.2) is 78.9 Å². The minimum absolute atomic E-state index is 0.00570. The molecule has 1 heterocycles. The van der Waals surface area contributed by atoms with Crippen molar-refractivity contribution in [3.05, 3.63) is 111 Å². The Labute approximate surface area is 238 Å². The van der Waals surface area contributed by atoms with E-state index in [1.165, 1.54) is 4.90 Å². The van der Waals surface area contributed by atoms with E-state index in [-0.39, 0.29) is 18.9 Å². The molecular formula is C29H28Cl2N2O5S. The highest BCUT2D eigenvalue weighted by molar-refractivity contribution is 7.86. The first kappa shape index (κ1) is 29.0. The van der Waals surface area contributed by atoms with Gasteiger partial charge in [-0.15, -0.1) is 0 Å². The third-order valence-electron chi connectivity index (χ3n) is 6.07. The van der Waals surface area contributed by atoms with Gasteiger partial charge < -0.3 is 9.64 Å². The van der Waals surface area contributed by atoms with Crippen molar-refractivity contribution in [3.63, 3.8) is 0 Å². The molecular weight excluding hydrogens is 559 g/mol. The van der Waals surface area contributed by atoms with E-state index in [2.05, 4.69) is 4.98 Å². The zero-order valence-electron chi connectivity index (χ0n) is 21.7. The smallest absolute Gasteiger partial charge is 0.266 e. The third kappa shape index (κ3) is 7.77. The molecule has 1 amide bonds. The maximum absolute atomic E-state index is 13.1. The summed E-state index contributed by atoms with van der Waals surface area (Å²) in [5.41, 5.74) is 3.22. The van der Waals surface area contributed by atoms with Gasteiger partial charge in [0.1, 0.15) is 0 Å². The molecule has 39 heavy (non-hydrogen) atoms. The molecule has 0 saturated carbocycles. The average molecular weight is 588 g/mol. The predicted octanol–water partition coefficient (Wildman–Crippen LogP) is 6.28. The van der Waals surface area contributed by atoms with Gasteiger partial charge in [0, 0.05) is 47.4 Å². The number of carbonyl (C=O) groups excluding carboxylic acids is 1. The fraction of sp³-hybridized carbons (Fsp3) is 0.241. The lowest BCUT2D eigenvalue weighted by Crippen LogP contribution is -2.27. The molecule has 204 valence electrons. The van der Waals surface area contributed by atoms with Crippen LogP contribution in [-0.4, -0.2) is 50.9 Å². The van der Waals surface area contributed by atoms with Crippen LogP contribution in [0.4, 0.5) is 0 Å². The van der Waals surface area contributed by atoms with Crippen LogP contribution < -0.4 is 0 Å². The first-order chi connectivity index (χ1) is 18.5. The van der Waals surface area contributed by atoms with E-state index < -0.39 is 22.3 Å². The van der Waals surface area contributed by atoms with Gasteiger partial charge in [-0.2, -0.15) is 8.42 Å². The molecule has 0 aliphatic carbocycles. The van der Waals surface area contributed by atoms with E-state index in [9.17, 15) is 13.2 Å². The summed E-state index contributed by atoms with van der Waals surface area (Å²) in [4.78, 5) is 19.2. The minimum Gasteiger partial charge on any atom is -0.345 e. The Hall–Kier alpha value is -3.01. The molecule has 10 heteroatoms. The van der Waals surface area contributed by atoms with E-state index in [1.54, 1.807) is 50.5 Å². The van der Waals surface area contributed by atoms with Gasteiger partial charge in [0.05, 0.1) is 24.1 Å². The number of aromatic nitrogens is 1. The van der Waals surface area contributed by atoms with E-state index in [4.69, 9.17) is 32.1 Å². The van der Waals surface area contributed by atoms with Crippen LogP contribution >= 0.6 is 23.2 Å². The molecule has 0 fully saturated rings. The Morgan fingerprint density at radius 3 is 2.31 bits per heavy atom. The molecule has 2 unspecified atom stereocenters. The molecule has 4 aromatic rings. The van der Waals surface area contributed by atoms with Crippen molar-refractivity contribution in [3.8, 4) is 0 Å². The van der Waals surface area contributed by atoms with Gasteiger partial charge in [0.2, 0.25) is 0 Å². The SMILES string of the molecule is CN(C)C(=O)c1cc(Cl)ccc1C(CC(OCc1ccc2ccc(Cl)cc2n1)OS(C)(=O)=O)c1ccccc1. The standard InChI is InChI=1S/C29H28Cl2N2O5S/c1-33(2)29(34)26-15-21(30)12-14-24(26)25(19-7-5-4-6-8-19)17-28(38-39(3,35)36)37-18-23-13-10-20-9-11-22(31)16-27(20)32-23/h4-16,25,28H,17-18H2,1-3H3. The second-order valence-electron chi connectivity index (χ2n) is 9.31. The fourth-order valence-electron chi connectivity index (χ4n) is 4.30. The quantitative estimate of drug-likeness (QED) is 0.160. The second kappa shape index (κ2) is 12.4. The van der Waals surface area contributed by atoms with E-state index in [1.807, 2.05) is 42.5 Å². The Morgan fingerprint density at radius 2 is 1.62 bits per heavy atom. The molecule has 7 nitrogen and oxygen atoms in total. The molecule has 0 aliphatic heterocycles. The highest BCUT2D eigenvalue weighted by atomic mass is 35.5. The van der Waals surface area contributed by atoms with E-state index in [0.29, 0.717) is 32.4 Å². The number of pyridine rings is 1. The van der Waals surface area contributed by atoms with Crippen molar-refractivity contribution in [2.75, 3.05) is 20.4 Å². The number of rotatable bonds is 10. The maximum atomic E-state index is 13.1. The van der Waals surface area contributed by atoms with Crippen molar-refractivity contribution >= 4 is 50.1 Å². The number of fused-ring (bicyclic) bond motifs is 1. The van der Waals surface area contributed by atoms with Gasteiger partial charge in [-0.05, 0) is 41.5 Å². The molecule has 0 aliphatic rings. The van der Waals surface area contributed by atoms with Gasteiger partial charge >= 0.3 is 0 Å². The van der Waals surface area contributed by atoms with Crippen LogP contribution in [0.25, 0.3) is 10.9 Å². The molecule has 4 rings (SSSR count). The van der Waals surface area contributed by atoms with Gasteiger partial charge in [-0.1, -0.05) is 71.7 Å². The normalized spacial score (nSPS) is 13.3. The van der Waals surface area contributed by atoms with Crippen LogP contribution in [-0.2, 0) is 25.6 Å². The summed E-state index contributed by atoms with van der Waals surface area (Å²) in [7, 11) is -0.564. The zero-order chi connectivity index (χ0) is 28.2.